The van der Waals surface area contributed by atoms with Crippen molar-refractivity contribution in [3.63, 3.8) is 0 Å². The van der Waals surface area contributed by atoms with E-state index in [9.17, 15) is 33.6 Å². The van der Waals surface area contributed by atoms with Gasteiger partial charge in [0.15, 0.2) is 0 Å². The number of carbonyl (C=O) groups excluding carboxylic acids is 7. The lowest BCUT2D eigenvalue weighted by atomic mass is 9.89. The fraction of sp³-hybridized carbons (Fsp3) is 0.705. The molecule has 0 aliphatic carbocycles. The van der Waals surface area contributed by atoms with Crippen molar-refractivity contribution in [3.05, 3.63) is 29.8 Å². The molecule has 0 saturated heterocycles. The van der Waals surface area contributed by atoms with Gasteiger partial charge >= 0.3 is 12.1 Å². The largest absolute Gasteiger partial charge is 0.445 e. The molecule has 0 bridgehead atoms. The van der Waals surface area contributed by atoms with Crippen molar-refractivity contribution in [2.45, 2.75) is 137 Å². The van der Waals surface area contributed by atoms with Gasteiger partial charge in [-0.25, -0.2) is 9.59 Å². The molecule has 0 fully saturated rings. The third kappa shape index (κ3) is 19.0. The van der Waals surface area contributed by atoms with Gasteiger partial charge in [-0.05, 0) is 68.2 Å². The number of primary amides is 2. The van der Waals surface area contributed by atoms with E-state index in [1.54, 1.807) is 64.0 Å². The van der Waals surface area contributed by atoms with Crippen LogP contribution in [0.1, 0.15) is 105 Å². The Labute approximate surface area is 369 Å². The van der Waals surface area contributed by atoms with Gasteiger partial charge in [-0.15, -0.1) is 0 Å². The standard InChI is InChI=1S/C44H77N9O9/c1-12-29(6)38(34(61-11)25-35(54)48-23-15-13-14-17-30(7)39(45)55)52(9)42(58)36(27(2)3)51-41(57)37(28(4)5)53(10)44(60)62-26-31-19-21-32(22-20-31)50-40(56)33(47-8)18-16-24-49-43(46)59/h19-22,27-30,33-34,36-38,47H,12-18,23-26H2,1-11H3,(H2,45,55)(H,48,54)(H,50,56)(H,51,57)(H3,46,49,59)/t29-,30+,33-,34+,36-,37-,38-/m0/s1. The van der Waals surface area contributed by atoms with Crippen molar-refractivity contribution in [1.82, 2.24) is 31.1 Å². The summed E-state index contributed by atoms with van der Waals surface area (Å²) in [5.41, 5.74) is 11.6. The van der Waals surface area contributed by atoms with Crippen molar-refractivity contribution < 1.29 is 43.0 Å². The van der Waals surface area contributed by atoms with Crippen molar-refractivity contribution in [3.8, 4) is 0 Å². The Hall–Kier alpha value is -4.97. The van der Waals surface area contributed by atoms with Gasteiger partial charge in [-0.2, -0.15) is 0 Å². The number of carbonyl (C=O) groups is 7. The molecule has 0 unspecified atom stereocenters. The molecule has 18 nitrogen and oxygen atoms in total. The Morgan fingerprint density at radius 1 is 0.774 bits per heavy atom. The van der Waals surface area contributed by atoms with E-state index in [2.05, 4.69) is 26.6 Å². The molecule has 0 saturated carbocycles. The number of methoxy groups -OCH3 is 1. The number of hydrogen-bond acceptors (Lipinski definition) is 10. The van der Waals surface area contributed by atoms with Gasteiger partial charge in [0.1, 0.15) is 18.7 Å². The summed E-state index contributed by atoms with van der Waals surface area (Å²) in [4.78, 5) is 92.4. The molecular weight excluding hydrogens is 799 g/mol. The van der Waals surface area contributed by atoms with Crippen LogP contribution in [0.3, 0.4) is 0 Å². The van der Waals surface area contributed by atoms with Gasteiger partial charge in [-0.1, -0.05) is 79.9 Å². The maximum absolute atomic E-state index is 14.3. The number of nitrogens with two attached hydrogens (primary N) is 2. The van der Waals surface area contributed by atoms with Crippen LogP contribution in [0.4, 0.5) is 15.3 Å². The van der Waals surface area contributed by atoms with Gasteiger partial charge in [0.2, 0.25) is 29.5 Å². The van der Waals surface area contributed by atoms with Gasteiger partial charge in [0, 0.05) is 45.9 Å². The number of amides is 8. The second-order valence-corrected chi connectivity index (χ2v) is 16.9. The zero-order chi connectivity index (χ0) is 47.1. The van der Waals surface area contributed by atoms with E-state index in [1.165, 1.54) is 19.1 Å². The average Bonchev–Trinajstić information content (AvgIpc) is 3.22. The molecule has 9 N–H and O–H groups in total. The minimum absolute atomic E-state index is 0.0285. The highest BCUT2D eigenvalue weighted by Crippen LogP contribution is 2.24. The quantitative estimate of drug-likeness (QED) is 0.0577. The van der Waals surface area contributed by atoms with Gasteiger partial charge in [0.25, 0.3) is 0 Å². The van der Waals surface area contributed by atoms with Crippen molar-refractivity contribution >= 4 is 47.3 Å². The molecule has 0 aromatic heterocycles. The number of nitrogens with zero attached hydrogens (tertiary/aromatic N) is 2. The van der Waals surface area contributed by atoms with E-state index in [0.29, 0.717) is 50.0 Å². The van der Waals surface area contributed by atoms with Crippen LogP contribution in [0.2, 0.25) is 0 Å². The minimum atomic E-state index is -0.974. The van der Waals surface area contributed by atoms with Gasteiger partial charge in [0.05, 0.1) is 24.6 Å². The summed E-state index contributed by atoms with van der Waals surface area (Å²) in [6.45, 7) is 13.8. The number of hydrogen-bond donors (Lipinski definition) is 7. The number of likely N-dealkylation sites (N-methyl/N-ethyl adjacent to an activating group) is 3. The Morgan fingerprint density at radius 2 is 1.40 bits per heavy atom. The summed E-state index contributed by atoms with van der Waals surface area (Å²) >= 11 is 0. The van der Waals surface area contributed by atoms with E-state index in [1.807, 2.05) is 27.7 Å². The summed E-state index contributed by atoms with van der Waals surface area (Å²) < 4.78 is 11.4. The van der Waals surface area contributed by atoms with E-state index in [-0.39, 0.29) is 60.3 Å². The number of urea groups is 1. The lowest BCUT2D eigenvalue weighted by Crippen LogP contribution is -2.60. The molecule has 1 rings (SSSR count). The predicted octanol–water partition coefficient (Wildman–Crippen LogP) is 3.47. The number of ether oxygens (including phenoxy) is 2. The van der Waals surface area contributed by atoms with Crippen LogP contribution in [0.25, 0.3) is 0 Å². The van der Waals surface area contributed by atoms with E-state index in [0.717, 1.165) is 19.3 Å². The molecular formula is C44H77N9O9. The molecule has 18 heteroatoms. The molecule has 0 heterocycles. The number of rotatable bonds is 29. The molecule has 0 radical (unpaired) electrons. The monoisotopic (exact) mass is 876 g/mol. The fourth-order valence-electron chi connectivity index (χ4n) is 7.20. The molecule has 8 amide bonds. The van der Waals surface area contributed by atoms with Crippen LogP contribution in [0.5, 0.6) is 0 Å². The van der Waals surface area contributed by atoms with Gasteiger partial charge in [-0.3, -0.25) is 28.9 Å². The van der Waals surface area contributed by atoms with E-state index < -0.39 is 48.3 Å². The SMILES string of the molecule is CC[C@H](C)[C@@H]([C@@H](CC(=O)NCCCCC[C@@H](C)C(N)=O)OC)N(C)C(=O)[C@@H](NC(=O)[C@H](C(C)C)N(C)C(=O)OCc1ccc(NC(=O)[C@H](CCCNC(N)=O)NC)cc1)C(C)C. The van der Waals surface area contributed by atoms with E-state index in [4.69, 9.17) is 20.9 Å². The number of anilines is 1. The zero-order valence-corrected chi connectivity index (χ0v) is 39.0. The Kier molecular flexibility index (Phi) is 25.4. The van der Waals surface area contributed by atoms with Crippen molar-refractivity contribution in [1.29, 1.82) is 0 Å². The van der Waals surface area contributed by atoms with E-state index >= 15 is 0 Å². The predicted molar refractivity (Wildman–Crippen MR) is 239 cm³/mol. The second kappa shape index (κ2) is 28.6. The fourth-order valence-corrected chi connectivity index (χ4v) is 7.20. The molecule has 62 heavy (non-hydrogen) atoms. The third-order valence-electron chi connectivity index (χ3n) is 11.3. The molecule has 0 spiro atoms. The maximum Gasteiger partial charge on any atom is 0.410 e. The molecule has 1 aromatic carbocycles. The summed E-state index contributed by atoms with van der Waals surface area (Å²) in [5, 5.41) is 14.2. The smallest absolute Gasteiger partial charge is 0.410 e. The average molecular weight is 876 g/mol. The third-order valence-corrected chi connectivity index (χ3v) is 11.3. The number of unbranched alkanes of at least 4 members (excludes halogenated alkanes) is 2. The molecule has 0 aliphatic heterocycles. The summed E-state index contributed by atoms with van der Waals surface area (Å²) in [5.74, 6) is -2.55. The number of benzene rings is 1. The topological polar surface area (TPSA) is 257 Å². The Balaban J connectivity index is 2.95. The normalized spacial score (nSPS) is 14.7. The first-order valence-electron chi connectivity index (χ1n) is 21.9. The van der Waals surface area contributed by atoms with Crippen LogP contribution in [-0.2, 0) is 40.1 Å². The van der Waals surface area contributed by atoms with Crippen LogP contribution in [0, 0.1) is 23.7 Å². The summed E-state index contributed by atoms with van der Waals surface area (Å²) in [6, 6.07) is 3.27. The molecule has 7 atom stereocenters. The van der Waals surface area contributed by atoms with Crippen LogP contribution < -0.4 is 38.1 Å². The maximum atomic E-state index is 14.3. The van der Waals surface area contributed by atoms with Crippen LogP contribution in [-0.4, -0.2) is 123 Å². The first-order chi connectivity index (χ1) is 29.2. The lowest BCUT2D eigenvalue weighted by molar-refractivity contribution is -0.144. The second-order valence-electron chi connectivity index (χ2n) is 16.9. The first-order valence-corrected chi connectivity index (χ1v) is 21.9. The van der Waals surface area contributed by atoms with Gasteiger partial charge < -0.3 is 52.4 Å². The van der Waals surface area contributed by atoms with Crippen molar-refractivity contribution in [2.75, 3.05) is 46.7 Å². The molecule has 0 aliphatic rings. The highest BCUT2D eigenvalue weighted by molar-refractivity contribution is 5.95. The van der Waals surface area contributed by atoms with Crippen LogP contribution in [0.15, 0.2) is 24.3 Å². The van der Waals surface area contributed by atoms with Crippen molar-refractivity contribution in [2.24, 2.45) is 35.1 Å². The number of nitrogens with one attached hydrogen (secondary N) is 5. The minimum Gasteiger partial charge on any atom is -0.445 e. The highest BCUT2D eigenvalue weighted by Gasteiger charge is 2.39. The highest BCUT2D eigenvalue weighted by atomic mass is 16.6. The Morgan fingerprint density at radius 3 is 1.94 bits per heavy atom. The summed E-state index contributed by atoms with van der Waals surface area (Å²) in [7, 11) is 6.33. The van der Waals surface area contributed by atoms with Crippen LogP contribution >= 0.6 is 0 Å². The zero-order valence-electron chi connectivity index (χ0n) is 39.0. The molecule has 352 valence electrons. The molecule has 1 aromatic rings. The summed E-state index contributed by atoms with van der Waals surface area (Å²) in [6.07, 6.45) is 3.52. The first kappa shape index (κ1) is 55.0. The lowest BCUT2D eigenvalue weighted by Gasteiger charge is -2.40. The Bertz CT molecular complexity index is 1580.